The Bertz CT molecular complexity index is 1320. The van der Waals surface area contributed by atoms with Crippen molar-refractivity contribution in [3.63, 3.8) is 0 Å². The number of carbonyl (C=O) groups excluding carboxylic acids is 1. The number of amides is 1. The summed E-state index contributed by atoms with van der Waals surface area (Å²) in [4.78, 5) is 19.3. The number of rotatable bonds is 8. The zero-order chi connectivity index (χ0) is 24.2. The van der Waals surface area contributed by atoms with Crippen molar-refractivity contribution < 1.29 is 4.79 Å². The van der Waals surface area contributed by atoms with Gasteiger partial charge >= 0.3 is 0 Å². The van der Waals surface area contributed by atoms with Gasteiger partial charge in [-0.05, 0) is 53.0 Å². The minimum absolute atomic E-state index is 0.0224. The molecule has 176 valence electrons. The first-order chi connectivity index (χ1) is 16.3. The van der Waals surface area contributed by atoms with Crippen molar-refractivity contribution in [3.8, 4) is 11.3 Å². The highest BCUT2D eigenvalue weighted by Gasteiger charge is 2.15. The minimum atomic E-state index is -0.113. The highest BCUT2D eigenvalue weighted by molar-refractivity contribution is 9.10. The largest absolute Gasteiger partial charge is 0.370 e. The second-order valence-electron chi connectivity index (χ2n) is 8.16. The van der Waals surface area contributed by atoms with Crippen LogP contribution in [0.15, 0.2) is 65.3 Å². The van der Waals surface area contributed by atoms with E-state index >= 15 is 0 Å². The maximum Gasteiger partial charge on any atom is 0.253 e. The lowest BCUT2D eigenvalue weighted by Gasteiger charge is -2.18. The standard InChI is InChI=1S/C25H26BrClN6O/c1-16(28)17-7-5-8-18(13-17)25(34)32(2)12-6-11-29-23-14-22(19-9-3-4-10-21(19)27)31-24-20(26)15-30-33(23)24/h3-5,7-10,13-16,29H,6,11-12,28H2,1-2H3. The number of aromatic nitrogens is 3. The maximum atomic E-state index is 12.8. The first-order valence-corrected chi connectivity index (χ1v) is 12.2. The number of carbonyl (C=O) groups is 1. The van der Waals surface area contributed by atoms with Crippen LogP contribution in [0.1, 0.15) is 35.3 Å². The van der Waals surface area contributed by atoms with Crippen molar-refractivity contribution in [2.45, 2.75) is 19.4 Å². The Hall–Kier alpha value is -2.94. The smallest absolute Gasteiger partial charge is 0.253 e. The first-order valence-electron chi connectivity index (χ1n) is 11.0. The molecule has 3 N–H and O–H groups in total. The van der Waals surface area contributed by atoms with Gasteiger partial charge in [0.05, 0.1) is 16.4 Å². The molecule has 4 aromatic rings. The predicted molar refractivity (Wildman–Crippen MR) is 140 cm³/mol. The number of benzene rings is 2. The number of fused-ring (bicyclic) bond motifs is 1. The number of nitrogens with zero attached hydrogens (tertiary/aromatic N) is 4. The third-order valence-corrected chi connectivity index (χ3v) is 6.45. The van der Waals surface area contributed by atoms with Crippen molar-refractivity contribution in [2.75, 3.05) is 25.5 Å². The van der Waals surface area contributed by atoms with Gasteiger partial charge in [0.15, 0.2) is 5.65 Å². The second-order valence-corrected chi connectivity index (χ2v) is 9.42. The number of hydrogen-bond acceptors (Lipinski definition) is 5. The Morgan fingerprint density at radius 3 is 2.79 bits per heavy atom. The number of halogens is 2. The average Bonchev–Trinajstić information content (AvgIpc) is 3.22. The van der Waals surface area contributed by atoms with Crippen LogP contribution in [0.3, 0.4) is 0 Å². The number of nitrogens with one attached hydrogen (secondary N) is 1. The molecule has 4 rings (SSSR count). The van der Waals surface area contributed by atoms with E-state index in [9.17, 15) is 4.79 Å². The Labute approximate surface area is 212 Å². The molecular formula is C25H26BrClN6O. The van der Waals surface area contributed by atoms with E-state index in [2.05, 4.69) is 26.3 Å². The van der Waals surface area contributed by atoms with Crippen LogP contribution in [0.5, 0.6) is 0 Å². The lowest BCUT2D eigenvalue weighted by molar-refractivity contribution is 0.0794. The van der Waals surface area contributed by atoms with Gasteiger partial charge in [0.2, 0.25) is 0 Å². The first kappa shape index (κ1) is 24.2. The molecule has 1 atom stereocenters. The van der Waals surface area contributed by atoms with Crippen LogP contribution in [-0.4, -0.2) is 45.5 Å². The van der Waals surface area contributed by atoms with Crippen molar-refractivity contribution in [1.82, 2.24) is 19.5 Å². The fourth-order valence-electron chi connectivity index (χ4n) is 3.68. The Balaban J connectivity index is 1.44. The second kappa shape index (κ2) is 10.5. The maximum absolute atomic E-state index is 12.8. The predicted octanol–water partition coefficient (Wildman–Crippen LogP) is 5.41. The van der Waals surface area contributed by atoms with Crippen LogP contribution in [-0.2, 0) is 0 Å². The molecule has 2 heterocycles. The zero-order valence-electron chi connectivity index (χ0n) is 19.0. The van der Waals surface area contributed by atoms with Gasteiger partial charge in [-0.3, -0.25) is 4.79 Å². The van der Waals surface area contributed by atoms with Gasteiger partial charge in [-0.2, -0.15) is 9.61 Å². The molecule has 9 heteroatoms. The summed E-state index contributed by atoms with van der Waals surface area (Å²) in [6.45, 7) is 3.16. The SMILES string of the molecule is CC(N)c1cccc(C(=O)N(C)CCCNc2cc(-c3ccccc3Cl)nc3c(Br)cnn23)c1. The highest BCUT2D eigenvalue weighted by atomic mass is 79.9. The summed E-state index contributed by atoms with van der Waals surface area (Å²) in [5.41, 5.74) is 9.84. The molecule has 0 spiro atoms. The van der Waals surface area contributed by atoms with E-state index in [-0.39, 0.29) is 11.9 Å². The number of nitrogens with two attached hydrogens (primary N) is 1. The zero-order valence-corrected chi connectivity index (χ0v) is 21.3. The van der Waals surface area contributed by atoms with E-state index in [0.717, 1.165) is 33.5 Å². The van der Waals surface area contributed by atoms with Crippen molar-refractivity contribution in [2.24, 2.45) is 5.73 Å². The van der Waals surface area contributed by atoms with E-state index < -0.39 is 0 Å². The summed E-state index contributed by atoms with van der Waals surface area (Å²) in [5, 5.41) is 8.48. The van der Waals surface area contributed by atoms with E-state index in [0.29, 0.717) is 29.3 Å². The number of hydrogen-bond donors (Lipinski definition) is 2. The summed E-state index contributed by atoms with van der Waals surface area (Å²) in [6, 6.07) is 16.9. The van der Waals surface area contributed by atoms with Crippen molar-refractivity contribution in [3.05, 3.63) is 81.4 Å². The van der Waals surface area contributed by atoms with Crippen molar-refractivity contribution in [1.29, 1.82) is 0 Å². The monoisotopic (exact) mass is 540 g/mol. The molecule has 2 aromatic heterocycles. The Morgan fingerprint density at radius 1 is 1.24 bits per heavy atom. The third kappa shape index (κ3) is 5.24. The fourth-order valence-corrected chi connectivity index (χ4v) is 4.26. The molecule has 0 aliphatic carbocycles. The van der Waals surface area contributed by atoms with Crippen LogP contribution >= 0.6 is 27.5 Å². The van der Waals surface area contributed by atoms with Crippen LogP contribution in [0, 0.1) is 0 Å². The molecule has 0 aliphatic heterocycles. The van der Waals surface area contributed by atoms with E-state index in [1.807, 2.05) is 68.6 Å². The Kier molecular flexibility index (Phi) is 7.50. The topological polar surface area (TPSA) is 88.5 Å². The minimum Gasteiger partial charge on any atom is -0.370 e. The van der Waals surface area contributed by atoms with Crippen LogP contribution in [0.2, 0.25) is 5.02 Å². The van der Waals surface area contributed by atoms with Gasteiger partial charge < -0.3 is 16.0 Å². The molecule has 1 amide bonds. The van der Waals surface area contributed by atoms with Crippen LogP contribution < -0.4 is 11.1 Å². The lowest BCUT2D eigenvalue weighted by Crippen LogP contribution is -2.29. The molecule has 34 heavy (non-hydrogen) atoms. The summed E-state index contributed by atoms with van der Waals surface area (Å²) < 4.78 is 2.54. The fraction of sp³-hybridized carbons (Fsp3) is 0.240. The lowest BCUT2D eigenvalue weighted by atomic mass is 10.1. The molecule has 1 unspecified atom stereocenters. The summed E-state index contributed by atoms with van der Waals surface area (Å²) in [5.74, 6) is 0.773. The number of anilines is 1. The van der Waals surface area contributed by atoms with E-state index in [1.165, 1.54) is 0 Å². The molecule has 0 bridgehead atoms. The van der Waals surface area contributed by atoms with E-state index in [4.69, 9.17) is 22.3 Å². The van der Waals surface area contributed by atoms with Crippen LogP contribution in [0.25, 0.3) is 16.9 Å². The average molecular weight is 542 g/mol. The normalized spacial score (nSPS) is 12.0. The Morgan fingerprint density at radius 2 is 2.03 bits per heavy atom. The van der Waals surface area contributed by atoms with Gasteiger partial charge in [0, 0.05) is 48.4 Å². The molecule has 0 fully saturated rings. The van der Waals surface area contributed by atoms with Gasteiger partial charge in [0.25, 0.3) is 5.91 Å². The van der Waals surface area contributed by atoms with Gasteiger partial charge in [-0.25, -0.2) is 4.98 Å². The van der Waals surface area contributed by atoms with Crippen LogP contribution in [0.4, 0.5) is 5.82 Å². The molecule has 0 saturated heterocycles. The molecule has 2 aromatic carbocycles. The van der Waals surface area contributed by atoms with Gasteiger partial charge in [0.1, 0.15) is 5.82 Å². The van der Waals surface area contributed by atoms with Crippen molar-refractivity contribution >= 4 is 44.9 Å². The summed E-state index contributed by atoms with van der Waals surface area (Å²) in [7, 11) is 1.81. The molecule has 0 aliphatic rings. The molecule has 0 saturated carbocycles. The van der Waals surface area contributed by atoms with Gasteiger partial charge in [-0.1, -0.05) is 41.9 Å². The van der Waals surface area contributed by atoms with E-state index in [1.54, 1.807) is 15.6 Å². The highest BCUT2D eigenvalue weighted by Crippen LogP contribution is 2.30. The van der Waals surface area contributed by atoms with Gasteiger partial charge in [-0.15, -0.1) is 0 Å². The molecule has 7 nitrogen and oxygen atoms in total. The summed E-state index contributed by atoms with van der Waals surface area (Å²) >= 11 is 9.93. The molecular weight excluding hydrogens is 516 g/mol. The molecule has 0 radical (unpaired) electrons. The third-order valence-electron chi connectivity index (χ3n) is 5.56. The quantitative estimate of drug-likeness (QED) is 0.291. The summed E-state index contributed by atoms with van der Waals surface area (Å²) in [6.07, 6.45) is 2.47.